The largest absolute Gasteiger partial charge is 0.484 e. The highest BCUT2D eigenvalue weighted by molar-refractivity contribution is 8.02. The summed E-state index contributed by atoms with van der Waals surface area (Å²) in [7, 11) is 0. The van der Waals surface area contributed by atoms with Crippen molar-refractivity contribution in [1.82, 2.24) is 14.8 Å². The highest BCUT2D eigenvalue weighted by Crippen LogP contribution is 2.39. The number of ether oxygens (including phenoxy) is 1. The van der Waals surface area contributed by atoms with E-state index in [4.69, 9.17) is 20.8 Å². The Hall–Kier alpha value is -2.78. The molecular weight excluding hydrogens is 404 g/mol. The van der Waals surface area contributed by atoms with Crippen molar-refractivity contribution in [3.8, 4) is 5.75 Å². The number of aromatic nitrogens is 3. The monoisotopic (exact) mass is 418 g/mol. The SMILES string of the molecule is O=[N+]([O-])c1ccc(/C=C/Sc2nnc(COc3ccccc3Cl)n2C2CC2)o1. The molecule has 0 unspecified atom stereocenters. The molecule has 10 heteroatoms. The zero-order valence-electron chi connectivity index (χ0n) is 14.5. The Balaban J connectivity index is 1.45. The normalized spacial score (nSPS) is 13.9. The van der Waals surface area contributed by atoms with E-state index in [1.807, 2.05) is 12.1 Å². The summed E-state index contributed by atoms with van der Waals surface area (Å²) in [5.41, 5.74) is 0. The van der Waals surface area contributed by atoms with Crippen molar-refractivity contribution in [3.63, 3.8) is 0 Å². The summed E-state index contributed by atoms with van der Waals surface area (Å²) in [6, 6.07) is 10.5. The molecule has 144 valence electrons. The second kappa shape index (κ2) is 8.07. The topological polar surface area (TPSA) is 96.2 Å². The van der Waals surface area contributed by atoms with E-state index in [-0.39, 0.29) is 12.5 Å². The van der Waals surface area contributed by atoms with E-state index in [0.717, 1.165) is 23.8 Å². The Kier molecular flexibility index (Phi) is 5.36. The van der Waals surface area contributed by atoms with Crippen molar-refractivity contribution in [2.24, 2.45) is 0 Å². The van der Waals surface area contributed by atoms with Crippen molar-refractivity contribution in [2.75, 3.05) is 0 Å². The number of hydrogen-bond acceptors (Lipinski definition) is 7. The standard InChI is InChI=1S/C18H15ClN4O4S/c19-14-3-1-2-4-15(14)26-11-16-20-21-18(22(16)12-5-6-12)28-10-9-13-7-8-17(27-13)23(24)25/h1-4,7-10,12H,5-6,11H2/b10-9+. The number of thioether (sulfide) groups is 1. The average molecular weight is 419 g/mol. The third-order valence-corrected chi connectivity index (χ3v) is 5.11. The van der Waals surface area contributed by atoms with Crippen molar-refractivity contribution in [3.05, 3.63) is 68.5 Å². The predicted octanol–water partition coefficient (Wildman–Crippen LogP) is 5.11. The van der Waals surface area contributed by atoms with Gasteiger partial charge in [0.05, 0.1) is 11.1 Å². The molecule has 1 aliphatic rings. The summed E-state index contributed by atoms with van der Waals surface area (Å²) >= 11 is 7.50. The summed E-state index contributed by atoms with van der Waals surface area (Å²) in [6.45, 7) is 0.266. The fourth-order valence-electron chi connectivity index (χ4n) is 2.58. The Morgan fingerprint density at radius 1 is 1.32 bits per heavy atom. The van der Waals surface area contributed by atoms with Crippen molar-refractivity contribution in [1.29, 1.82) is 0 Å². The van der Waals surface area contributed by atoms with E-state index in [1.165, 1.54) is 17.8 Å². The molecule has 1 aliphatic carbocycles. The predicted molar refractivity (Wildman–Crippen MR) is 104 cm³/mol. The molecule has 0 atom stereocenters. The lowest BCUT2D eigenvalue weighted by molar-refractivity contribution is -0.402. The number of furan rings is 1. The number of nitrogens with zero attached hydrogens (tertiary/aromatic N) is 4. The minimum absolute atomic E-state index is 0.266. The third-order valence-electron chi connectivity index (χ3n) is 4.04. The van der Waals surface area contributed by atoms with Crippen LogP contribution in [0, 0.1) is 10.1 Å². The van der Waals surface area contributed by atoms with Crippen LogP contribution in [-0.4, -0.2) is 19.7 Å². The van der Waals surface area contributed by atoms with Crippen LogP contribution in [0.3, 0.4) is 0 Å². The van der Waals surface area contributed by atoms with Gasteiger partial charge in [-0.15, -0.1) is 10.2 Å². The molecule has 1 aromatic carbocycles. The van der Waals surface area contributed by atoms with Crippen LogP contribution in [0.25, 0.3) is 6.08 Å². The number of nitro groups is 1. The van der Waals surface area contributed by atoms with Crippen LogP contribution in [0.4, 0.5) is 5.88 Å². The maximum absolute atomic E-state index is 10.7. The first kappa shape index (κ1) is 18.6. The highest BCUT2D eigenvalue weighted by Gasteiger charge is 2.29. The molecule has 0 N–H and O–H groups in total. The van der Waals surface area contributed by atoms with Gasteiger partial charge < -0.3 is 9.15 Å². The molecule has 4 rings (SSSR count). The average Bonchev–Trinajstić information content (AvgIpc) is 3.25. The van der Waals surface area contributed by atoms with Crippen LogP contribution in [0.2, 0.25) is 5.02 Å². The minimum atomic E-state index is -0.570. The summed E-state index contributed by atoms with van der Waals surface area (Å²) in [4.78, 5) is 10.1. The molecule has 2 aromatic heterocycles. The minimum Gasteiger partial charge on any atom is -0.484 e. The third kappa shape index (κ3) is 4.20. The second-order valence-electron chi connectivity index (χ2n) is 6.07. The summed E-state index contributed by atoms with van der Waals surface area (Å²) < 4.78 is 13.0. The first-order chi connectivity index (χ1) is 13.6. The van der Waals surface area contributed by atoms with E-state index in [9.17, 15) is 10.1 Å². The van der Waals surface area contributed by atoms with Gasteiger partial charge in [0.1, 0.15) is 23.0 Å². The van der Waals surface area contributed by atoms with Gasteiger partial charge in [-0.05, 0) is 42.5 Å². The van der Waals surface area contributed by atoms with Crippen molar-refractivity contribution < 1.29 is 14.1 Å². The van der Waals surface area contributed by atoms with E-state index in [1.54, 1.807) is 29.7 Å². The van der Waals surface area contributed by atoms with Gasteiger partial charge in [0.2, 0.25) is 0 Å². The molecule has 1 saturated carbocycles. The van der Waals surface area contributed by atoms with Crippen molar-refractivity contribution >= 4 is 35.3 Å². The van der Waals surface area contributed by atoms with E-state index >= 15 is 0 Å². The lowest BCUT2D eigenvalue weighted by Crippen LogP contribution is -2.07. The van der Waals surface area contributed by atoms with Crippen LogP contribution in [0.5, 0.6) is 5.75 Å². The number of halogens is 1. The number of hydrogen-bond donors (Lipinski definition) is 0. The number of rotatable bonds is 8. The van der Waals surface area contributed by atoms with Gasteiger partial charge in [-0.2, -0.15) is 0 Å². The van der Waals surface area contributed by atoms with Gasteiger partial charge in [0.25, 0.3) is 0 Å². The molecule has 3 aromatic rings. The number of para-hydroxylation sites is 1. The molecule has 0 radical (unpaired) electrons. The molecule has 0 saturated heterocycles. The second-order valence-corrected chi connectivity index (χ2v) is 7.35. The molecule has 28 heavy (non-hydrogen) atoms. The molecule has 0 spiro atoms. The summed E-state index contributed by atoms with van der Waals surface area (Å²) in [6.07, 6.45) is 3.79. The van der Waals surface area contributed by atoms with Gasteiger partial charge in [-0.1, -0.05) is 35.5 Å². The quantitative estimate of drug-likeness (QED) is 0.285. The lowest BCUT2D eigenvalue weighted by atomic mass is 10.3. The summed E-state index contributed by atoms with van der Waals surface area (Å²) in [5.74, 6) is 1.44. The fourth-order valence-corrected chi connectivity index (χ4v) is 3.55. The fraction of sp³-hybridized carbons (Fsp3) is 0.222. The first-order valence-corrected chi connectivity index (χ1v) is 9.76. The molecule has 8 nitrogen and oxygen atoms in total. The lowest BCUT2D eigenvalue weighted by Gasteiger charge is -2.10. The molecule has 0 aliphatic heterocycles. The molecule has 2 heterocycles. The van der Waals surface area contributed by atoms with Gasteiger partial charge in [0, 0.05) is 6.04 Å². The van der Waals surface area contributed by atoms with Crippen LogP contribution >= 0.6 is 23.4 Å². The Bertz CT molecular complexity index is 1030. The van der Waals surface area contributed by atoms with Crippen molar-refractivity contribution in [2.45, 2.75) is 30.6 Å². The molecule has 0 bridgehead atoms. The van der Waals surface area contributed by atoms with Crippen LogP contribution < -0.4 is 4.74 Å². The Morgan fingerprint density at radius 2 is 2.14 bits per heavy atom. The maximum Gasteiger partial charge on any atom is 0.433 e. The van der Waals surface area contributed by atoms with E-state index in [0.29, 0.717) is 22.6 Å². The Labute approximate surface area is 169 Å². The van der Waals surface area contributed by atoms with Crippen LogP contribution in [-0.2, 0) is 6.61 Å². The maximum atomic E-state index is 10.7. The highest BCUT2D eigenvalue weighted by atomic mass is 35.5. The summed E-state index contributed by atoms with van der Waals surface area (Å²) in [5, 5.41) is 22.2. The van der Waals surface area contributed by atoms with Gasteiger partial charge in [-0.3, -0.25) is 14.7 Å². The van der Waals surface area contributed by atoms with E-state index in [2.05, 4.69) is 14.8 Å². The number of benzene rings is 1. The van der Waals surface area contributed by atoms with Crippen LogP contribution in [0.1, 0.15) is 30.5 Å². The van der Waals surface area contributed by atoms with Gasteiger partial charge in [0.15, 0.2) is 11.0 Å². The zero-order valence-corrected chi connectivity index (χ0v) is 16.1. The smallest absolute Gasteiger partial charge is 0.433 e. The van der Waals surface area contributed by atoms with Crippen LogP contribution in [0.15, 0.2) is 51.4 Å². The Morgan fingerprint density at radius 3 is 2.86 bits per heavy atom. The molecule has 0 amide bonds. The molecule has 1 fully saturated rings. The zero-order chi connectivity index (χ0) is 19.5. The first-order valence-electron chi connectivity index (χ1n) is 8.50. The van der Waals surface area contributed by atoms with E-state index < -0.39 is 4.92 Å². The van der Waals surface area contributed by atoms with Gasteiger partial charge >= 0.3 is 5.88 Å². The molecular formula is C18H15ClN4O4S. The van der Waals surface area contributed by atoms with Gasteiger partial charge in [-0.25, -0.2) is 0 Å².